The first-order valence-corrected chi connectivity index (χ1v) is 9.22. The summed E-state index contributed by atoms with van der Waals surface area (Å²) in [6, 6.07) is 14.3. The van der Waals surface area contributed by atoms with Gasteiger partial charge in [0.1, 0.15) is 12.7 Å². The zero-order chi connectivity index (χ0) is 19.9. The van der Waals surface area contributed by atoms with Crippen molar-refractivity contribution in [3.63, 3.8) is 0 Å². The van der Waals surface area contributed by atoms with Gasteiger partial charge in [0, 0.05) is 29.9 Å². The number of hydrogen-bond acceptors (Lipinski definition) is 4. The molecule has 0 aliphatic heterocycles. The monoisotopic (exact) mass is 377 g/mol. The normalized spacial score (nSPS) is 10.5. The summed E-state index contributed by atoms with van der Waals surface area (Å²) < 4.78 is 1.72. The van der Waals surface area contributed by atoms with Crippen molar-refractivity contribution in [3.05, 3.63) is 77.9 Å². The maximum atomic E-state index is 12.5. The van der Waals surface area contributed by atoms with Gasteiger partial charge in [-0.25, -0.2) is 9.67 Å². The fourth-order valence-corrected chi connectivity index (χ4v) is 2.89. The number of amides is 2. The smallest absolute Gasteiger partial charge is 0.255 e. The zero-order valence-corrected chi connectivity index (χ0v) is 16.0. The Kier molecular flexibility index (Phi) is 6.16. The highest BCUT2D eigenvalue weighted by Crippen LogP contribution is 2.15. The van der Waals surface area contributed by atoms with Crippen molar-refractivity contribution in [3.8, 4) is 0 Å². The van der Waals surface area contributed by atoms with Crippen molar-refractivity contribution in [1.29, 1.82) is 0 Å². The van der Waals surface area contributed by atoms with Gasteiger partial charge in [-0.3, -0.25) is 9.59 Å². The molecule has 3 rings (SSSR count). The molecular formula is C21H23N5O2. The third-order valence-corrected chi connectivity index (χ3v) is 4.45. The number of nitrogens with one attached hydrogen (secondary N) is 1. The number of nitrogens with zero attached hydrogens (tertiary/aromatic N) is 4. The van der Waals surface area contributed by atoms with Crippen LogP contribution in [-0.4, -0.2) is 44.6 Å². The number of carbonyl (C=O) groups is 2. The van der Waals surface area contributed by atoms with E-state index in [0.29, 0.717) is 36.4 Å². The number of rotatable bonds is 7. The molecule has 0 unspecified atom stereocenters. The molecule has 2 aromatic carbocycles. The van der Waals surface area contributed by atoms with Crippen molar-refractivity contribution in [2.45, 2.75) is 20.4 Å². The molecule has 0 atom stereocenters. The highest BCUT2D eigenvalue weighted by molar-refractivity contribution is 6.05. The summed E-state index contributed by atoms with van der Waals surface area (Å²) in [4.78, 5) is 30.7. The summed E-state index contributed by atoms with van der Waals surface area (Å²) in [7, 11) is 0. The Hall–Kier alpha value is -3.48. The predicted octanol–water partition coefficient (Wildman–Crippen LogP) is 3.06. The van der Waals surface area contributed by atoms with Gasteiger partial charge in [0.15, 0.2) is 0 Å². The largest absolute Gasteiger partial charge is 0.339 e. The Morgan fingerprint density at radius 1 is 1.04 bits per heavy atom. The van der Waals surface area contributed by atoms with Crippen LogP contribution in [0.4, 0.5) is 5.69 Å². The lowest BCUT2D eigenvalue weighted by molar-refractivity contribution is 0.0772. The second-order valence-electron chi connectivity index (χ2n) is 6.30. The molecular weight excluding hydrogens is 354 g/mol. The molecule has 28 heavy (non-hydrogen) atoms. The van der Waals surface area contributed by atoms with E-state index < -0.39 is 0 Å². The van der Waals surface area contributed by atoms with Crippen molar-refractivity contribution in [2.75, 3.05) is 18.4 Å². The lowest BCUT2D eigenvalue weighted by Crippen LogP contribution is -2.30. The third-order valence-electron chi connectivity index (χ3n) is 4.45. The molecule has 0 aliphatic rings. The molecule has 144 valence electrons. The first-order chi connectivity index (χ1) is 13.6. The van der Waals surface area contributed by atoms with E-state index >= 15 is 0 Å². The van der Waals surface area contributed by atoms with Gasteiger partial charge >= 0.3 is 0 Å². The lowest BCUT2D eigenvalue weighted by Gasteiger charge is -2.19. The molecule has 7 nitrogen and oxygen atoms in total. The van der Waals surface area contributed by atoms with Crippen LogP contribution in [-0.2, 0) is 6.54 Å². The van der Waals surface area contributed by atoms with E-state index in [2.05, 4.69) is 15.4 Å². The van der Waals surface area contributed by atoms with Crippen LogP contribution in [0, 0.1) is 0 Å². The fraction of sp³-hybridized carbons (Fsp3) is 0.238. The second kappa shape index (κ2) is 8.94. The highest BCUT2D eigenvalue weighted by Gasteiger charge is 2.13. The van der Waals surface area contributed by atoms with Gasteiger partial charge in [-0.15, -0.1) is 0 Å². The highest BCUT2D eigenvalue weighted by atomic mass is 16.2. The van der Waals surface area contributed by atoms with Crippen LogP contribution in [0.25, 0.3) is 0 Å². The fourth-order valence-electron chi connectivity index (χ4n) is 2.89. The van der Waals surface area contributed by atoms with Gasteiger partial charge in [-0.05, 0) is 49.7 Å². The molecule has 0 saturated carbocycles. The van der Waals surface area contributed by atoms with Crippen LogP contribution >= 0.6 is 0 Å². The van der Waals surface area contributed by atoms with E-state index in [1.807, 2.05) is 26.0 Å². The molecule has 1 heterocycles. The van der Waals surface area contributed by atoms with Crippen LogP contribution in [0.5, 0.6) is 0 Å². The summed E-state index contributed by atoms with van der Waals surface area (Å²) >= 11 is 0. The summed E-state index contributed by atoms with van der Waals surface area (Å²) in [6.45, 7) is 5.77. The average Bonchev–Trinajstić information content (AvgIpc) is 3.22. The van der Waals surface area contributed by atoms with Gasteiger partial charge in [-0.2, -0.15) is 5.10 Å². The van der Waals surface area contributed by atoms with Gasteiger partial charge in [-0.1, -0.05) is 18.2 Å². The maximum absolute atomic E-state index is 12.5. The Balaban J connectivity index is 1.67. The minimum Gasteiger partial charge on any atom is -0.339 e. The minimum absolute atomic E-state index is 0.0430. The molecule has 0 saturated heterocycles. The SMILES string of the molecule is CCN(CC)C(=O)c1cccc(NC(=O)c2ccc(Cn3cncn3)cc2)c1. The predicted molar refractivity (Wildman–Crippen MR) is 107 cm³/mol. The Morgan fingerprint density at radius 2 is 1.79 bits per heavy atom. The first-order valence-electron chi connectivity index (χ1n) is 9.22. The molecule has 0 fully saturated rings. The zero-order valence-electron chi connectivity index (χ0n) is 16.0. The molecule has 0 bridgehead atoms. The summed E-state index contributed by atoms with van der Waals surface area (Å²) in [6.07, 6.45) is 3.13. The van der Waals surface area contributed by atoms with Crippen LogP contribution in [0.3, 0.4) is 0 Å². The van der Waals surface area contributed by atoms with Crippen molar-refractivity contribution < 1.29 is 9.59 Å². The molecule has 1 aromatic heterocycles. The van der Waals surface area contributed by atoms with E-state index in [9.17, 15) is 9.59 Å². The maximum Gasteiger partial charge on any atom is 0.255 e. The second-order valence-corrected chi connectivity index (χ2v) is 6.30. The number of anilines is 1. The van der Waals surface area contributed by atoms with Crippen molar-refractivity contribution >= 4 is 17.5 Å². The average molecular weight is 377 g/mol. The van der Waals surface area contributed by atoms with E-state index in [4.69, 9.17) is 0 Å². The summed E-state index contributed by atoms with van der Waals surface area (Å²) in [5.41, 5.74) is 2.72. The molecule has 2 amide bonds. The Morgan fingerprint density at radius 3 is 2.43 bits per heavy atom. The van der Waals surface area contributed by atoms with Crippen molar-refractivity contribution in [2.24, 2.45) is 0 Å². The first kappa shape index (κ1) is 19.3. The van der Waals surface area contributed by atoms with E-state index in [0.717, 1.165) is 5.56 Å². The van der Waals surface area contributed by atoms with Gasteiger partial charge in [0.25, 0.3) is 11.8 Å². The van der Waals surface area contributed by atoms with Gasteiger partial charge in [0.2, 0.25) is 0 Å². The Bertz CT molecular complexity index is 932. The third kappa shape index (κ3) is 4.62. The number of benzene rings is 2. The Labute approximate surface area is 164 Å². The van der Waals surface area contributed by atoms with E-state index in [-0.39, 0.29) is 11.8 Å². The standard InChI is InChI=1S/C21H23N5O2/c1-3-25(4-2)21(28)18-6-5-7-19(12-18)24-20(27)17-10-8-16(9-11-17)13-26-15-22-14-23-26/h5-12,14-15H,3-4,13H2,1-2H3,(H,24,27). The number of hydrogen-bond donors (Lipinski definition) is 1. The number of aromatic nitrogens is 3. The molecule has 1 N–H and O–H groups in total. The minimum atomic E-state index is -0.222. The van der Waals surface area contributed by atoms with Gasteiger partial charge < -0.3 is 10.2 Å². The van der Waals surface area contributed by atoms with E-state index in [1.165, 1.54) is 6.33 Å². The van der Waals surface area contributed by atoms with Crippen LogP contribution in [0.2, 0.25) is 0 Å². The van der Waals surface area contributed by atoms with E-state index in [1.54, 1.807) is 52.3 Å². The lowest BCUT2D eigenvalue weighted by atomic mass is 10.1. The topological polar surface area (TPSA) is 80.1 Å². The number of carbonyl (C=O) groups excluding carboxylic acids is 2. The van der Waals surface area contributed by atoms with Crippen LogP contribution in [0.15, 0.2) is 61.2 Å². The van der Waals surface area contributed by atoms with Crippen LogP contribution < -0.4 is 5.32 Å². The quantitative estimate of drug-likeness (QED) is 0.686. The molecule has 3 aromatic rings. The summed E-state index contributed by atoms with van der Waals surface area (Å²) in [5, 5.41) is 6.92. The molecule has 0 radical (unpaired) electrons. The van der Waals surface area contributed by atoms with Crippen LogP contribution in [0.1, 0.15) is 40.1 Å². The van der Waals surface area contributed by atoms with Crippen molar-refractivity contribution in [1.82, 2.24) is 19.7 Å². The van der Waals surface area contributed by atoms with Gasteiger partial charge in [0.05, 0.1) is 6.54 Å². The molecule has 0 aliphatic carbocycles. The molecule has 7 heteroatoms. The molecule has 0 spiro atoms. The summed E-state index contributed by atoms with van der Waals surface area (Å²) in [5.74, 6) is -0.265.